The first kappa shape index (κ1) is 31.6. The summed E-state index contributed by atoms with van der Waals surface area (Å²) in [4.78, 5) is 48.6. The fourth-order valence-corrected chi connectivity index (χ4v) is 9.73. The first-order chi connectivity index (χ1) is 25.8. The maximum Gasteiger partial charge on any atom is 0.253 e. The van der Waals surface area contributed by atoms with Gasteiger partial charge in [0, 0.05) is 83.7 Å². The minimum Gasteiger partial charge on any atom is -0.357 e. The lowest BCUT2D eigenvalue weighted by molar-refractivity contribution is 0.0908. The molecule has 4 aliphatic carbocycles. The smallest absolute Gasteiger partial charge is 0.253 e. The van der Waals surface area contributed by atoms with Gasteiger partial charge in [0.1, 0.15) is 11.0 Å². The molecule has 0 aromatic carbocycles. The number of H-pyrrole nitrogens is 2. The second-order valence-corrected chi connectivity index (χ2v) is 16.7. The molecule has 2 spiro atoms. The zero-order valence-corrected chi connectivity index (χ0v) is 30.4. The highest BCUT2D eigenvalue weighted by Crippen LogP contribution is 2.47. The van der Waals surface area contributed by atoms with Gasteiger partial charge in [0.15, 0.2) is 0 Å². The summed E-state index contributed by atoms with van der Waals surface area (Å²) in [5, 5.41) is 6.96. The number of hydrogen-bond acceptors (Lipinski definition) is 6. The van der Waals surface area contributed by atoms with E-state index >= 15 is 0 Å². The second kappa shape index (κ2) is 11.5. The summed E-state index contributed by atoms with van der Waals surface area (Å²) < 4.78 is 0. The van der Waals surface area contributed by atoms with Crippen molar-refractivity contribution in [2.75, 3.05) is 18.0 Å². The van der Waals surface area contributed by atoms with Crippen LogP contribution in [0.25, 0.3) is 33.8 Å². The summed E-state index contributed by atoms with van der Waals surface area (Å²) >= 11 is 6.05. The van der Waals surface area contributed by atoms with Crippen molar-refractivity contribution in [3.8, 4) is 33.8 Å². The van der Waals surface area contributed by atoms with Crippen molar-refractivity contribution in [3.05, 3.63) is 92.8 Å². The quantitative estimate of drug-likeness (QED) is 0.150. The predicted molar refractivity (Wildman–Crippen MR) is 203 cm³/mol. The van der Waals surface area contributed by atoms with Gasteiger partial charge in [-0.1, -0.05) is 11.6 Å². The van der Waals surface area contributed by atoms with Gasteiger partial charge in [-0.2, -0.15) is 0 Å². The molecular weight excluding hydrogens is 684 g/mol. The first-order valence-electron chi connectivity index (χ1n) is 19.3. The highest BCUT2D eigenvalue weighted by Gasteiger charge is 2.50. The number of carbonyl (C=O) groups is 2. The Balaban J connectivity index is 0.000000136. The first-order valence-corrected chi connectivity index (χ1v) is 19.7. The molecule has 4 N–H and O–H groups in total. The van der Waals surface area contributed by atoms with Gasteiger partial charge in [-0.05, 0) is 117 Å². The molecule has 268 valence electrons. The molecule has 10 nitrogen and oxygen atoms in total. The molecule has 5 aromatic heterocycles. The number of nitrogens with one attached hydrogen (secondary N) is 4. The largest absolute Gasteiger partial charge is 0.357 e. The Morgan fingerprint density at radius 1 is 0.660 bits per heavy atom. The molecule has 0 bridgehead atoms. The van der Waals surface area contributed by atoms with E-state index in [-0.39, 0.29) is 22.9 Å². The molecule has 2 saturated carbocycles. The van der Waals surface area contributed by atoms with Crippen LogP contribution in [0.15, 0.2) is 42.9 Å². The van der Waals surface area contributed by atoms with Crippen LogP contribution in [-0.4, -0.2) is 60.9 Å². The Morgan fingerprint density at radius 2 is 1.25 bits per heavy atom. The zero-order chi connectivity index (χ0) is 35.5. The number of halogens is 1. The number of aromatic nitrogens is 5. The molecule has 11 heteroatoms. The van der Waals surface area contributed by atoms with Crippen molar-refractivity contribution in [3.63, 3.8) is 0 Å². The number of rotatable bonds is 2. The van der Waals surface area contributed by atoms with Crippen LogP contribution in [0.3, 0.4) is 0 Å². The maximum absolute atomic E-state index is 12.9. The van der Waals surface area contributed by atoms with Crippen molar-refractivity contribution >= 4 is 29.2 Å². The molecule has 0 atom stereocenters. The van der Waals surface area contributed by atoms with E-state index in [1.165, 1.54) is 41.5 Å². The minimum absolute atomic E-state index is 0.0194. The Hall–Kier alpha value is -4.96. The third-order valence-electron chi connectivity index (χ3n) is 12.8. The molecule has 5 aromatic rings. The summed E-state index contributed by atoms with van der Waals surface area (Å²) in [6.45, 7) is 2.19. The van der Waals surface area contributed by atoms with Crippen LogP contribution in [0.1, 0.15) is 99.3 Å². The third-order valence-corrected chi connectivity index (χ3v) is 13.0. The molecule has 53 heavy (non-hydrogen) atoms. The van der Waals surface area contributed by atoms with Crippen LogP contribution in [0.5, 0.6) is 0 Å². The van der Waals surface area contributed by atoms with E-state index in [1.54, 1.807) is 0 Å². The van der Waals surface area contributed by atoms with Crippen LogP contribution in [-0.2, 0) is 38.5 Å². The topological polar surface area (TPSA) is 132 Å². The van der Waals surface area contributed by atoms with Crippen LogP contribution >= 0.6 is 11.6 Å². The van der Waals surface area contributed by atoms with Crippen molar-refractivity contribution in [1.29, 1.82) is 0 Å². The molecule has 0 unspecified atom stereocenters. The zero-order valence-electron chi connectivity index (χ0n) is 29.6. The van der Waals surface area contributed by atoms with E-state index in [4.69, 9.17) is 21.6 Å². The van der Waals surface area contributed by atoms with Gasteiger partial charge in [0.25, 0.3) is 11.8 Å². The number of pyridine rings is 3. The highest BCUT2D eigenvalue weighted by atomic mass is 35.5. The predicted octanol–water partition coefficient (Wildman–Crippen LogP) is 6.69. The molecule has 0 radical (unpaired) electrons. The fraction of sp³-hybridized carbons (Fsp3) is 0.405. The van der Waals surface area contributed by atoms with Crippen molar-refractivity contribution in [2.45, 2.75) is 94.5 Å². The Bertz CT molecular complexity index is 2360. The van der Waals surface area contributed by atoms with Gasteiger partial charge < -0.3 is 25.5 Å². The molecule has 8 heterocycles. The van der Waals surface area contributed by atoms with Crippen molar-refractivity contribution in [1.82, 2.24) is 35.6 Å². The molecule has 3 aliphatic heterocycles. The fourth-order valence-electron chi connectivity index (χ4n) is 9.57. The highest BCUT2D eigenvalue weighted by molar-refractivity contribution is 6.29. The molecule has 12 rings (SSSR count). The lowest BCUT2D eigenvalue weighted by atomic mass is 9.87. The van der Waals surface area contributed by atoms with E-state index in [9.17, 15) is 9.59 Å². The Labute approximate surface area is 312 Å². The van der Waals surface area contributed by atoms with Gasteiger partial charge in [-0.3, -0.25) is 14.6 Å². The number of fused-ring (bicyclic) bond motifs is 10. The molecule has 7 aliphatic rings. The maximum atomic E-state index is 12.9. The number of amides is 2. The molecule has 1 saturated heterocycles. The van der Waals surface area contributed by atoms with Gasteiger partial charge in [0.05, 0.1) is 28.2 Å². The summed E-state index contributed by atoms with van der Waals surface area (Å²) in [7, 11) is 0. The van der Waals surface area contributed by atoms with Crippen LogP contribution < -0.4 is 15.5 Å². The van der Waals surface area contributed by atoms with E-state index < -0.39 is 0 Å². The average Bonchev–Trinajstić information content (AvgIpc) is 4.02. The minimum atomic E-state index is 0.0194. The number of carbonyl (C=O) groups excluding carboxylic acids is 2. The summed E-state index contributed by atoms with van der Waals surface area (Å²) in [5.74, 6) is 1.26. The van der Waals surface area contributed by atoms with Crippen LogP contribution in [0.4, 0.5) is 5.82 Å². The monoisotopic (exact) mass is 724 g/mol. The van der Waals surface area contributed by atoms with Crippen LogP contribution in [0.2, 0.25) is 5.15 Å². The normalized spacial score (nSPS) is 20.4. The summed E-state index contributed by atoms with van der Waals surface area (Å²) in [6.07, 6.45) is 19.5. The number of aryl methyl sites for hydroxylation is 2. The number of anilines is 1. The standard InChI is InChI=1S/C26H27N5O.C16H14ClN3O/c32-25-23-18-6-4-16-14-27-20(17-5-7-22(28-15-17)31-10-2-1-3-11-31)12-19(16)24(18)29-21(23)13-26(30-25)8-9-26;17-12-5-10-8(7-18-12)1-2-9-13-11(19-14(9)10)6-16(3-4-16)20-15(13)21/h5,7,12,14-15,29H,1-4,6,8-11,13H2,(H,30,32);5,7,19H,1-4,6H2,(H,20,21). The van der Waals surface area contributed by atoms with Gasteiger partial charge in [0.2, 0.25) is 0 Å². The second-order valence-electron chi connectivity index (χ2n) is 16.3. The Kier molecular flexibility index (Phi) is 6.86. The van der Waals surface area contributed by atoms with Crippen molar-refractivity contribution in [2.24, 2.45) is 0 Å². The van der Waals surface area contributed by atoms with Crippen LogP contribution in [0, 0.1) is 0 Å². The number of nitrogens with zero attached hydrogens (tertiary/aromatic N) is 4. The third kappa shape index (κ3) is 5.23. The number of aromatic amines is 2. The van der Waals surface area contributed by atoms with Gasteiger partial charge >= 0.3 is 0 Å². The van der Waals surface area contributed by atoms with E-state index in [0.717, 1.165) is 139 Å². The SMILES string of the molecule is O=C1NC2(CC2)Cc2[nH]c3c(c21)CCc1cnc(-c2ccc(N4CCCCC4)nc2)cc1-3.O=C1NC2(CC2)Cc2[nH]c3c(c21)CCc1cnc(Cl)cc1-3. The molecule has 2 amide bonds. The summed E-state index contributed by atoms with van der Waals surface area (Å²) in [6, 6.07) is 8.35. The van der Waals surface area contributed by atoms with E-state index in [1.807, 2.05) is 24.7 Å². The Morgan fingerprint density at radius 3 is 1.81 bits per heavy atom. The lowest BCUT2D eigenvalue weighted by Crippen LogP contribution is -2.43. The van der Waals surface area contributed by atoms with E-state index in [0.29, 0.717) is 5.15 Å². The number of hydrogen-bond donors (Lipinski definition) is 4. The van der Waals surface area contributed by atoms with Crippen molar-refractivity contribution < 1.29 is 9.59 Å². The molecule has 3 fully saturated rings. The summed E-state index contributed by atoms with van der Waals surface area (Å²) in [5.41, 5.74) is 15.3. The van der Waals surface area contributed by atoms with E-state index in [2.05, 4.69) is 48.7 Å². The number of piperidine rings is 1. The lowest BCUT2D eigenvalue weighted by Gasteiger charge is -2.27. The average molecular weight is 725 g/mol. The van der Waals surface area contributed by atoms with Gasteiger partial charge in [-0.15, -0.1) is 0 Å². The molecular formula is C42H41ClN8O2. The van der Waals surface area contributed by atoms with Gasteiger partial charge in [-0.25, -0.2) is 9.97 Å².